The van der Waals surface area contributed by atoms with Crippen LogP contribution in [-0.4, -0.2) is 45.2 Å². The molecule has 1 aliphatic rings. The van der Waals surface area contributed by atoms with Gasteiger partial charge in [-0.2, -0.15) is 11.8 Å². The number of benzene rings is 2. The van der Waals surface area contributed by atoms with E-state index in [0.29, 0.717) is 5.75 Å². The molecule has 0 aliphatic carbocycles. The molecule has 1 aliphatic heterocycles. The van der Waals surface area contributed by atoms with Crippen molar-refractivity contribution in [2.45, 2.75) is 20.3 Å². The van der Waals surface area contributed by atoms with Crippen molar-refractivity contribution in [3.8, 4) is 22.6 Å². The Hall–Kier alpha value is -2.18. The molecule has 2 aromatic rings. The number of hydrogen-bond acceptors (Lipinski definition) is 5. The molecule has 1 amide bonds. The largest absolute Gasteiger partial charge is 0.493 e. The molecule has 1 heterocycles. The van der Waals surface area contributed by atoms with Gasteiger partial charge in [-0.25, -0.2) is 0 Å². The lowest BCUT2D eigenvalue weighted by atomic mass is 10.0. The van der Waals surface area contributed by atoms with Gasteiger partial charge in [0.15, 0.2) is 11.5 Å². The van der Waals surface area contributed by atoms with Crippen molar-refractivity contribution in [3.05, 3.63) is 48.5 Å². The maximum atomic E-state index is 10.6. The fourth-order valence-corrected chi connectivity index (χ4v) is 3.13. The Balaban J connectivity index is 0.000000511. The number of rotatable bonds is 3. The van der Waals surface area contributed by atoms with E-state index in [1.165, 1.54) is 7.05 Å². The third-order valence-corrected chi connectivity index (χ3v) is 4.55. The molecule has 0 bridgehead atoms. The number of carbonyl (C=O) groups excluding carboxylic acids is 1. The van der Waals surface area contributed by atoms with Crippen LogP contribution in [0.2, 0.25) is 0 Å². The fourth-order valence-electron chi connectivity index (χ4n) is 2.35. The minimum Gasteiger partial charge on any atom is -0.493 e. The standard InChI is InChI=1S/C14H14O2.C5H9NOS.C2H6.CH5N/c1-15-13-10-6-9-12(14(13)16-2)11-7-4-3-5-8-11;7-5-4-8-3-1-2-6-5;2*1-2/h3-10H,1-2H3;1-4H2,(H,6,7);1-2H3;2H2,1H3. The molecule has 6 heteroatoms. The van der Waals surface area contributed by atoms with Crippen LogP contribution in [0.15, 0.2) is 48.5 Å². The van der Waals surface area contributed by atoms with E-state index in [1.54, 1.807) is 26.0 Å². The van der Waals surface area contributed by atoms with Crippen LogP contribution in [0.1, 0.15) is 20.3 Å². The van der Waals surface area contributed by atoms with Crippen molar-refractivity contribution in [2.75, 3.05) is 39.3 Å². The lowest BCUT2D eigenvalue weighted by Gasteiger charge is -2.12. The molecule has 5 nitrogen and oxygen atoms in total. The predicted molar refractivity (Wildman–Crippen MR) is 121 cm³/mol. The van der Waals surface area contributed by atoms with Crippen molar-refractivity contribution in [1.29, 1.82) is 0 Å². The number of amides is 1. The Morgan fingerprint density at radius 3 is 2.25 bits per heavy atom. The van der Waals surface area contributed by atoms with E-state index in [0.717, 1.165) is 41.3 Å². The van der Waals surface area contributed by atoms with Crippen LogP contribution in [0.25, 0.3) is 11.1 Å². The zero-order valence-electron chi connectivity index (χ0n) is 17.7. The number of ether oxygens (including phenoxy) is 2. The predicted octanol–water partition coefficient (Wildman–Crippen LogP) is 4.21. The second kappa shape index (κ2) is 17.0. The third kappa shape index (κ3) is 9.15. The van der Waals surface area contributed by atoms with Crippen molar-refractivity contribution in [1.82, 2.24) is 5.32 Å². The maximum absolute atomic E-state index is 10.6. The zero-order valence-corrected chi connectivity index (χ0v) is 18.5. The molecular weight excluding hydrogens is 372 g/mol. The Morgan fingerprint density at radius 2 is 1.64 bits per heavy atom. The number of hydrogen-bond donors (Lipinski definition) is 2. The van der Waals surface area contributed by atoms with Gasteiger partial charge in [0.25, 0.3) is 0 Å². The van der Waals surface area contributed by atoms with Crippen molar-refractivity contribution in [3.63, 3.8) is 0 Å². The van der Waals surface area contributed by atoms with Crippen LogP contribution in [0.3, 0.4) is 0 Å². The first-order valence-electron chi connectivity index (χ1n) is 9.45. The van der Waals surface area contributed by atoms with Gasteiger partial charge in [0.1, 0.15) is 0 Å². The summed E-state index contributed by atoms with van der Waals surface area (Å²) >= 11 is 1.71. The average molecular weight is 407 g/mol. The zero-order chi connectivity index (χ0) is 21.2. The summed E-state index contributed by atoms with van der Waals surface area (Å²) in [7, 11) is 4.80. The van der Waals surface area contributed by atoms with Crippen LogP contribution in [-0.2, 0) is 4.79 Å². The monoisotopic (exact) mass is 406 g/mol. The first-order valence-corrected chi connectivity index (χ1v) is 10.6. The molecule has 0 aromatic heterocycles. The van der Waals surface area contributed by atoms with E-state index < -0.39 is 0 Å². The minimum absolute atomic E-state index is 0.188. The first kappa shape index (κ1) is 25.8. The van der Waals surface area contributed by atoms with E-state index in [9.17, 15) is 4.79 Å². The van der Waals surface area contributed by atoms with Gasteiger partial charge >= 0.3 is 0 Å². The molecule has 156 valence electrons. The summed E-state index contributed by atoms with van der Waals surface area (Å²) < 4.78 is 10.7. The number of thioether (sulfide) groups is 1. The summed E-state index contributed by atoms with van der Waals surface area (Å²) in [5.74, 6) is 3.49. The number of nitrogens with one attached hydrogen (secondary N) is 1. The molecular formula is C22H34N2O3S. The summed E-state index contributed by atoms with van der Waals surface area (Å²) in [5, 5.41) is 2.78. The summed E-state index contributed by atoms with van der Waals surface area (Å²) in [4.78, 5) is 10.6. The van der Waals surface area contributed by atoms with Crippen molar-refractivity contribution >= 4 is 17.7 Å². The molecule has 3 rings (SSSR count). The van der Waals surface area contributed by atoms with Crippen molar-refractivity contribution in [2.24, 2.45) is 5.73 Å². The summed E-state index contributed by atoms with van der Waals surface area (Å²) in [6, 6.07) is 16.0. The highest BCUT2D eigenvalue weighted by Gasteiger charge is 2.10. The van der Waals surface area contributed by atoms with Gasteiger partial charge < -0.3 is 20.5 Å². The van der Waals surface area contributed by atoms with E-state index >= 15 is 0 Å². The van der Waals surface area contributed by atoms with Gasteiger partial charge in [-0.1, -0.05) is 56.3 Å². The second-order valence-electron chi connectivity index (χ2n) is 5.16. The maximum Gasteiger partial charge on any atom is 0.229 e. The number of nitrogens with two attached hydrogens (primary N) is 1. The van der Waals surface area contributed by atoms with Crippen LogP contribution in [0.5, 0.6) is 11.5 Å². The highest BCUT2D eigenvalue weighted by atomic mass is 32.2. The summed E-state index contributed by atoms with van der Waals surface area (Å²) in [6.45, 7) is 4.87. The molecule has 0 unspecified atom stereocenters. The van der Waals surface area contributed by atoms with Gasteiger partial charge in [-0.05, 0) is 30.9 Å². The van der Waals surface area contributed by atoms with Gasteiger partial charge in [-0.3, -0.25) is 4.79 Å². The lowest BCUT2D eigenvalue weighted by Crippen LogP contribution is -2.23. The lowest BCUT2D eigenvalue weighted by molar-refractivity contribution is -0.118. The molecule has 2 aromatic carbocycles. The number of methoxy groups -OCH3 is 2. The molecule has 1 fully saturated rings. The van der Waals surface area contributed by atoms with Crippen LogP contribution in [0, 0.1) is 0 Å². The van der Waals surface area contributed by atoms with E-state index in [2.05, 4.69) is 23.2 Å². The summed E-state index contributed by atoms with van der Waals surface area (Å²) in [6.07, 6.45) is 1.12. The Bertz CT molecular complexity index is 641. The first-order chi connectivity index (χ1) is 13.8. The topological polar surface area (TPSA) is 73.6 Å². The molecule has 0 atom stereocenters. The van der Waals surface area contributed by atoms with E-state index in [-0.39, 0.29) is 5.91 Å². The highest BCUT2D eigenvalue weighted by molar-refractivity contribution is 7.99. The number of para-hydroxylation sites is 1. The Labute approximate surface area is 174 Å². The fraction of sp³-hybridized carbons (Fsp3) is 0.409. The summed E-state index contributed by atoms with van der Waals surface area (Å²) in [5.41, 5.74) is 6.67. The van der Waals surface area contributed by atoms with Gasteiger partial charge in [0.2, 0.25) is 5.91 Å². The van der Waals surface area contributed by atoms with Crippen LogP contribution in [0.4, 0.5) is 0 Å². The molecule has 3 N–H and O–H groups in total. The SMILES string of the molecule is CC.CN.COc1cccc(-c2ccccc2)c1OC.O=C1CSCCCN1. The smallest absolute Gasteiger partial charge is 0.229 e. The van der Waals surface area contributed by atoms with Gasteiger partial charge in [0, 0.05) is 12.1 Å². The normalized spacial score (nSPS) is 12.3. The van der Waals surface area contributed by atoms with E-state index in [1.807, 2.05) is 50.2 Å². The Kier molecular flexibility index (Phi) is 15.6. The van der Waals surface area contributed by atoms with Crippen molar-refractivity contribution < 1.29 is 14.3 Å². The average Bonchev–Trinajstić information content (AvgIpc) is 3.04. The molecule has 0 radical (unpaired) electrons. The van der Waals surface area contributed by atoms with Crippen LogP contribution < -0.4 is 20.5 Å². The quantitative estimate of drug-likeness (QED) is 0.799. The molecule has 0 saturated carbocycles. The van der Waals surface area contributed by atoms with Gasteiger partial charge in [-0.15, -0.1) is 0 Å². The van der Waals surface area contributed by atoms with E-state index in [4.69, 9.17) is 9.47 Å². The minimum atomic E-state index is 0.188. The second-order valence-corrected chi connectivity index (χ2v) is 6.27. The third-order valence-electron chi connectivity index (χ3n) is 3.51. The highest BCUT2D eigenvalue weighted by Crippen LogP contribution is 2.37. The van der Waals surface area contributed by atoms with Gasteiger partial charge in [0.05, 0.1) is 20.0 Å². The molecule has 28 heavy (non-hydrogen) atoms. The Morgan fingerprint density at radius 1 is 0.964 bits per heavy atom. The molecule has 0 spiro atoms. The number of carbonyl (C=O) groups is 1. The van der Waals surface area contributed by atoms with Crippen LogP contribution >= 0.6 is 11.8 Å². The molecule has 1 saturated heterocycles.